The van der Waals surface area contributed by atoms with Gasteiger partial charge in [0.2, 0.25) is 0 Å². The van der Waals surface area contributed by atoms with Crippen LogP contribution in [0.1, 0.15) is 23.9 Å². The molecule has 0 saturated carbocycles. The zero-order valence-electron chi connectivity index (χ0n) is 20.3. The fourth-order valence-electron chi connectivity index (χ4n) is 3.48. The molecular formula is C26H23BrClIN6O2S. The van der Waals surface area contributed by atoms with Gasteiger partial charge in [0.1, 0.15) is 5.75 Å². The van der Waals surface area contributed by atoms with E-state index in [9.17, 15) is 9.90 Å². The van der Waals surface area contributed by atoms with Gasteiger partial charge in [0.25, 0.3) is 5.91 Å². The van der Waals surface area contributed by atoms with Crippen molar-refractivity contribution in [2.45, 2.75) is 30.8 Å². The molecule has 0 aliphatic heterocycles. The Morgan fingerprint density at radius 2 is 2.00 bits per heavy atom. The number of nitrogens with zero attached hydrogens (tertiary/aromatic N) is 4. The second kappa shape index (κ2) is 13.0. The number of hydrogen-bond acceptors (Lipinski definition) is 7. The molecule has 0 radical (unpaired) electrons. The van der Waals surface area contributed by atoms with E-state index in [4.69, 9.17) is 11.6 Å². The molecule has 0 bridgehead atoms. The molecule has 4 rings (SSSR count). The maximum atomic E-state index is 12.8. The number of carbonyl (C=O) groups is 1. The van der Waals surface area contributed by atoms with Crippen LogP contribution in [0.3, 0.4) is 0 Å². The Labute approximate surface area is 251 Å². The summed E-state index contributed by atoms with van der Waals surface area (Å²) in [5, 5.41) is 26.8. The van der Waals surface area contributed by atoms with Crippen LogP contribution >= 0.6 is 61.9 Å². The maximum Gasteiger partial charge on any atom is 0.253 e. The lowest BCUT2D eigenvalue weighted by molar-refractivity contribution is -0.120. The van der Waals surface area contributed by atoms with Crippen LogP contribution in [0.2, 0.25) is 5.02 Å². The molecule has 1 atom stereocenters. The molecule has 196 valence electrons. The van der Waals surface area contributed by atoms with Crippen molar-refractivity contribution in [2.75, 3.05) is 5.32 Å². The minimum absolute atomic E-state index is 0.0210. The molecule has 4 aromatic rings. The smallest absolute Gasteiger partial charge is 0.253 e. The van der Waals surface area contributed by atoms with Gasteiger partial charge in [-0.1, -0.05) is 41.6 Å². The van der Waals surface area contributed by atoms with E-state index >= 15 is 0 Å². The summed E-state index contributed by atoms with van der Waals surface area (Å²) in [5.74, 6) is 0.361. The molecule has 3 aromatic carbocycles. The summed E-state index contributed by atoms with van der Waals surface area (Å²) in [7, 11) is 0. The van der Waals surface area contributed by atoms with E-state index in [1.807, 2.05) is 41.0 Å². The number of amides is 1. The van der Waals surface area contributed by atoms with E-state index < -0.39 is 5.25 Å². The van der Waals surface area contributed by atoms with Gasteiger partial charge in [-0.15, -0.1) is 10.2 Å². The summed E-state index contributed by atoms with van der Waals surface area (Å²) >= 11 is 12.8. The van der Waals surface area contributed by atoms with Crippen LogP contribution in [-0.2, 0) is 11.3 Å². The van der Waals surface area contributed by atoms with Crippen LogP contribution in [0.25, 0.3) is 5.69 Å². The lowest BCUT2D eigenvalue weighted by Crippen LogP contribution is -2.27. The largest absolute Gasteiger partial charge is 0.506 e. The number of aromatic nitrogens is 3. The number of nitrogens with one attached hydrogen (secondary N) is 2. The van der Waals surface area contributed by atoms with E-state index in [0.717, 1.165) is 16.9 Å². The van der Waals surface area contributed by atoms with Crippen LogP contribution in [0, 0.1) is 10.5 Å². The Morgan fingerprint density at radius 1 is 1.24 bits per heavy atom. The molecule has 0 saturated heterocycles. The first-order valence-corrected chi connectivity index (χ1v) is 14.5. The van der Waals surface area contributed by atoms with E-state index in [2.05, 4.69) is 83.6 Å². The van der Waals surface area contributed by atoms with Crippen molar-refractivity contribution in [3.05, 3.63) is 90.7 Å². The summed E-state index contributed by atoms with van der Waals surface area (Å²) in [6.45, 7) is 4.27. The number of carbonyl (C=O) groups excluding carboxylic acids is 1. The van der Waals surface area contributed by atoms with Crippen molar-refractivity contribution in [2.24, 2.45) is 5.10 Å². The predicted molar refractivity (Wildman–Crippen MR) is 164 cm³/mol. The number of thioether (sulfide) groups is 1. The number of rotatable bonds is 9. The zero-order valence-corrected chi connectivity index (χ0v) is 25.6. The van der Waals surface area contributed by atoms with E-state index in [0.29, 0.717) is 32.6 Å². The van der Waals surface area contributed by atoms with Gasteiger partial charge in [0, 0.05) is 25.5 Å². The minimum atomic E-state index is -0.530. The monoisotopic (exact) mass is 724 g/mol. The summed E-state index contributed by atoms with van der Waals surface area (Å²) in [4.78, 5) is 12.8. The van der Waals surface area contributed by atoms with E-state index in [-0.39, 0.29) is 11.7 Å². The minimum Gasteiger partial charge on any atom is -0.506 e. The van der Waals surface area contributed by atoms with Crippen LogP contribution < -0.4 is 10.7 Å². The molecule has 0 aliphatic carbocycles. The molecule has 12 heteroatoms. The number of para-hydroxylation sites is 1. The predicted octanol–water partition coefficient (Wildman–Crippen LogP) is 6.54. The normalized spacial score (nSPS) is 12.0. The van der Waals surface area contributed by atoms with Crippen molar-refractivity contribution in [1.29, 1.82) is 0 Å². The van der Waals surface area contributed by atoms with Crippen molar-refractivity contribution in [1.82, 2.24) is 20.2 Å². The second-order valence-electron chi connectivity index (χ2n) is 8.20. The summed E-state index contributed by atoms with van der Waals surface area (Å²) in [5.41, 5.74) is 5.93. The first kappa shape index (κ1) is 28.4. The Hall–Kier alpha value is -2.61. The average Bonchev–Trinajstić information content (AvgIpc) is 3.28. The summed E-state index contributed by atoms with van der Waals surface area (Å²) < 4.78 is 3.55. The van der Waals surface area contributed by atoms with Gasteiger partial charge in [0.15, 0.2) is 11.0 Å². The Bertz CT molecular complexity index is 1480. The fourth-order valence-corrected chi connectivity index (χ4v) is 5.84. The van der Waals surface area contributed by atoms with Crippen molar-refractivity contribution in [3.8, 4) is 11.4 Å². The second-order valence-corrected chi connectivity index (χ2v) is 12.0. The van der Waals surface area contributed by atoms with Gasteiger partial charge in [0.05, 0.1) is 22.5 Å². The Morgan fingerprint density at radius 3 is 2.74 bits per heavy atom. The van der Waals surface area contributed by atoms with Gasteiger partial charge in [-0.05, 0) is 100 Å². The molecule has 0 unspecified atom stereocenters. The first-order valence-electron chi connectivity index (χ1n) is 11.4. The molecule has 1 aromatic heterocycles. The van der Waals surface area contributed by atoms with Crippen molar-refractivity contribution >= 4 is 79.7 Å². The summed E-state index contributed by atoms with van der Waals surface area (Å²) in [6, 6.07) is 19.1. The highest BCUT2D eigenvalue weighted by atomic mass is 127. The van der Waals surface area contributed by atoms with Crippen LogP contribution in [-0.4, -0.2) is 37.2 Å². The Balaban J connectivity index is 1.49. The van der Waals surface area contributed by atoms with Gasteiger partial charge in [-0.2, -0.15) is 5.10 Å². The molecule has 0 spiro atoms. The summed E-state index contributed by atoms with van der Waals surface area (Å²) in [6.07, 6.45) is 1.34. The number of aromatic hydroxyl groups is 1. The van der Waals surface area contributed by atoms with Gasteiger partial charge < -0.3 is 10.4 Å². The highest BCUT2D eigenvalue weighted by molar-refractivity contribution is 14.1. The zero-order chi connectivity index (χ0) is 27.2. The number of phenols is 1. The lowest BCUT2D eigenvalue weighted by Gasteiger charge is -2.14. The van der Waals surface area contributed by atoms with E-state index in [1.54, 1.807) is 19.1 Å². The topological polar surface area (TPSA) is 104 Å². The third-order valence-corrected chi connectivity index (χ3v) is 7.96. The quantitative estimate of drug-likeness (QED) is 0.0784. The SMILES string of the molecule is Cc1cc(I)ccc1NCc1nnc(S[C@@H](C)C(=O)N/N=C\c2cc(Cl)cc(Br)c2O)n1-c1ccccc1. The van der Waals surface area contributed by atoms with Gasteiger partial charge >= 0.3 is 0 Å². The molecular weight excluding hydrogens is 703 g/mol. The number of hydrogen-bond donors (Lipinski definition) is 3. The van der Waals surface area contributed by atoms with Crippen molar-refractivity contribution < 1.29 is 9.90 Å². The van der Waals surface area contributed by atoms with Gasteiger partial charge in [-0.3, -0.25) is 9.36 Å². The van der Waals surface area contributed by atoms with Crippen LogP contribution in [0.15, 0.2) is 75.4 Å². The van der Waals surface area contributed by atoms with E-state index in [1.165, 1.54) is 21.5 Å². The number of hydrazone groups is 1. The fraction of sp³-hybridized carbons (Fsp3) is 0.154. The third-order valence-electron chi connectivity index (χ3n) is 5.43. The molecule has 0 aliphatic rings. The highest BCUT2D eigenvalue weighted by Gasteiger charge is 2.21. The highest BCUT2D eigenvalue weighted by Crippen LogP contribution is 2.30. The molecule has 3 N–H and O–H groups in total. The first-order chi connectivity index (χ1) is 18.2. The third kappa shape index (κ3) is 7.07. The maximum absolute atomic E-state index is 12.8. The standard InChI is InChI=1S/C26H23BrClIN6O2S/c1-15-10-19(29)8-9-22(15)30-14-23-32-34-26(35(23)20-6-4-3-5-7-20)38-16(2)25(37)33-31-13-17-11-18(28)12-21(27)24(17)36/h3-13,16,30,36H,14H2,1-2H3,(H,33,37)/b31-13-/t16-/m0/s1. The molecule has 8 nitrogen and oxygen atoms in total. The van der Waals surface area contributed by atoms with Crippen LogP contribution in [0.4, 0.5) is 5.69 Å². The number of halogens is 3. The molecule has 0 fully saturated rings. The number of phenolic OH excluding ortho intramolecular Hbond substituents is 1. The Kier molecular flexibility index (Phi) is 9.69. The van der Waals surface area contributed by atoms with Crippen LogP contribution in [0.5, 0.6) is 5.75 Å². The average molecular weight is 726 g/mol. The number of benzene rings is 3. The van der Waals surface area contributed by atoms with Gasteiger partial charge in [-0.25, -0.2) is 5.43 Å². The number of aryl methyl sites for hydroxylation is 1. The molecule has 38 heavy (non-hydrogen) atoms. The molecule has 1 amide bonds. The number of anilines is 1. The van der Waals surface area contributed by atoms with Crippen molar-refractivity contribution in [3.63, 3.8) is 0 Å². The molecule has 1 heterocycles. The lowest BCUT2D eigenvalue weighted by atomic mass is 10.2.